The Labute approximate surface area is 196 Å². The van der Waals surface area contributed by atoms with Gasteiger partial charge in [0.15, 0.2) is 0 Å². The number of aryl methyl sites for hydroxylation is 1. The van der Waals surface area contributed by atoms with Crippen LogP contribution in [-0.2, 0) is 18.4 Å². The zero-order valence-electron chi connectivity index (χ0n) is 18.8. The molecule has 1 aliphatic carbocycles. The molecule has 0 saturated heterocycles. The van der Waals surface area contributed by atoms with E-state index in [9.17, 15) is 9.59 Å². The Hall–Kier alpha value is -3.57. The van der Waals surface area contributed by atoms with E-state index >= 15 is 0 Å². The first-order chi connectivity index (χ1) is 15.7. The lowest BCUT2D eigenvalue weighted by atomic mass is 9.94. The lowest BCUT2D eigenvalue weighted by Crippen LogP contribution is -2.29. The van der Waals surface area contributed by atoms with Crippen molar-refractivity contribution in [3.63, 3.8) is 0 Å². The molecule has 2 N–H and O–H groups in total. The summed E-state index contributed by atoms with van der Waals surface area (Å²) < 4.78 is 0. The van der Waals surface area contributed by atoms with Crippen molar-refractivity contribution < 1.29 is 9.59 Å². The van der Waals surface area contributed by atoms with Gasteiger partial charge in [0, 0.05) is 17.5 Å². The molecule has 4 rings (SSSR count). The van der Waals surface area contributed by atoms with Crippen LogP contribution in [0.4, 0.5) is 0 Å². The topological polar surface area (TPSA) is 108 Å². The molecule has 8 heteroatoms. The van der Waals surface area contributed by atoms with Gasteiger partial charge in [-0.25, -0.2) is 9.97 Å². The van der Waals surface area contributed by atoms with Crippen LogP contribution in [0.25, 0.3) is 0 Å². The van der Waals surface area contributed by atoms with Gasteiger partial charge in [0.1, 0.15) is 17.7 Å². The average molecular weight is 460 g/mol. The Balaban J connectivity index is 1.39. The monoisotopic (exact) mass is 459 g/mol. The van der Waals surface area contributed by atoms with Crippen LogP contribution in [0.1, 0.15) is 81.3 Å². The molecule has 1 aromatic carbocycles. The second-order valence-electron chi connectivity index (χ2n) is 9.13. The highest BCUT2D eigenvalue weighted by atomic mass is 32.1. The fourth-order valence-corrected chi connectivity index (χ4v) is 4.81. The van der Waals surface area contributed by atoms with E-state index in [1.807, 2.05) is 17.5 Å². The Morgan fingerprint density at radius 3 is 2.61 bits per heavy atom. The highest BCUT2D eigenvalue weighted by Crippen LogP contribution is 2.32. The summed E-state index contributed by atoms with van der Waals surface area (Å²) in [6, 6.07) is 11.0. The molecule has 0 unspecified atom stereocenters. The summed E-state index contributed by atoms with van der Waals surface area (Å²) in [5.74, 6) is -0.716. The third kappa shape index (κ3) is 5.10. The van der Waals surface area contributed by atoms with Crippen molar-refractivity contribution in [1.82, 2.24) is 20.6 Å². The van der Waals surface area contributed by atoms with Crippen molar-refractivity contribution >= 4 is 23.2 Å². The molecule has 168 valence electrons. The van der Waals surface area contributed by atoms with Gasteiger partial charge in [-0.3, -0.25) is 9.59 Å². The zero-order chi connectivity index (χ0) is 23.6. The Morgan fingerprint density at radius 1 is 1.15 bits per heavy atom. The molecule has 1 atom stereocenters. The summed E-state index contributed by atoms with van der Waals surface area (Å²) in [4.78, 5) is 34.7. The molecule has 2 aromatic heterocycles. The number of benzene rings is 1. The smallest absolute Gasteiger partial charge is 0.270 e. The minimum atomic E-state index is -0.360. The molecule has 2 heterocycles. The number of aromatic nitrogens is 2. The van der Waals surface area contributed by atoms with Gasteiger partial charge in [-0.2, -0.15) is 5.26 Å². The predicted molar refractivity (Wildman–Crippen MR) is 126 cm³/mol. The quantitative estimate of drug-likeness (QED) is 0.598. The molecule has 0 saturated carbocycles. The molecule has 1 aliphatic rings. The predicted octanol–water partition coefficient (Wildman–Crippen LogP) is 4.05. The summed E-state index contributed by atoms with van der Waals surface area (Å²) in [6.07, 6.45) is 2.78. The molecule has 7 nitrogen and oxygen atoms in total. The van der Waals surface area contributed by atoms with Gasteiger partial charge >= 0.3 is 0 Å². The van der Waals surface area contributed by atoms with E-state index in [4.69, 9.17) is 5.26 Å². The number of hydrogen-bond acceptors (Lipinski definition) is 6. The molecule has 0 radical (unpaired) electrons. The maximum absolute atomic E-state index is 12.8. The van der Waals surface area contributed by atoms with Gasteiger partial charge in [0.25, 0.3) is 11.8 Å². The Morgan fingerprint density at radius 2 is 1.91 bits per heavy atom. The first kappa shape index (κ1) is 22.6. The van der Waals surface area contributed by atoms with Crippen molar-refractivity contribution in [1.29, 1.82) is 5.26 Å². The van der Waals surface area contributed by atoms with Crippen molar-refractivity contribution in [2.75, 3.05) is 0 Å². The summed E-state index contributed by atoms with van der Waals surface area (Å²) in [5, 5.41) is 17.0. The number of fused-ring (bicyclic) bond motifs is 1. The second-order valence-corrected chi connectivity index (χ2v) is 10.0. The van der Waals surface area contributed by atoms with Gasteiger partial charge in [-0.15, -0.1) is 11.3 Å². The zero-order valence-corrected chi connectivity index (χ0v) is 19.6. The lowest BCUT2D eigenvalue weighted by molar-refractivity contribution is 0.0931. The number of rotatable bonds is 5. The van der Waals surface area contributed by atoms with E-state index in [1.54, 1.807) is 17.4 Å². The van der Waals surface area contributed by atoms with Gasteiger partial charge < -0.3 is 10.6 Å². The maximum atomic E-state index is 12.8. The first-order valence-electron chi connectivity index (χ1n) is 10.8. The molecule has 33 heavy (non-hydrogen) atoms. The van der Waals surface area contributed by atoms with Crippen molar-refractivity contribution in [2.24, 2.45) is 0 Å². The van der Waals surface area contributed by atoms with Crippen LogP contribution in [-0.4, -0.2) is 21.8 Å². The number of nitrogens with zero attached hydrogens (tertiary/aromatic N) is 3. The van der Waals surface area contributed by atoms with Gasteiger partial charge in [-0.05, 0) is 58.5 Å². The second kappa shape index (κ2) is 9.12. The SMILES string of the molecule is CC(C)(C)c1cc(CNC(=O)c2cc(C(=O)N[C@H]3CCc4cc(C#N)ccc43)ncn2)cs1. The molecule has 2 amide bonds. The fourth-order valence-electron chi connectivity index (χ4n) is 3.81. The molecular weight excluding hydrogens is 434 g/mol. The standard InChI is InChI=1S/C25H25N5O2S/c1-25(2,3)22-9-16(13-33-22)12-27-23(31)20-10-21(29-14-28-20)24(32)30-19-7-5-17-8-15(11-26)4-6-18(17)19/h4,6,8-10,13-14,19H,5,7,12H2,1-3H3,(H,27,31)(H,30,32)/t19-/m0/s1. The molecule has 0 spiro atoms. The third-order valence-electron chi connectivity index (χ3n) is 5.63. The Kier molecular flexibility index (Phi) is 6.25. The highest BCUT2D eigenvalue weighted by molar-refractivity contribution is 7.10. The van der Waals surface area contributed by atoms with E-state index in [1.165, 1.54) is 17.3 Å². The fraction of sp³-hybridized carbons (Fsp3) is 0.320. The molecular formula is C25H25N5O2S. The number of hydrogen-bond donors (Lipinski definition) is 2. The van der Waals surface area contributed by atoms with Crippen molar-refractivity contribution in [2.45, 2.75) is 51.6 Å². The number of nitriles is 1. The largest absolute Gasteiger partial charge is 0.347 e. The van der Waals surface area contributed by atoms with Crippen LogP contribution < -0.4 is 10.6 Å². The van der Waals surface area contributed by atoms with Crippen LogP contribution in [0.3, 0.4) is 0 Å². The van der Waals surface area contributed by atoms with E-state index in [0.29, 0.717) is 12.1 Å². The number of amides is 2. The van der Waals surface area contributed by atoms with E-state index in [0.717, 1.165) is 29.5 Å². The molecule has 0 fully saturated rings. The number of nitrogens with one attached hydrogen (secondary N) is 2. The Bertz CT molecular complexity index is 1250. The lowest BCUT2D eigenvalue weighted by Gasteiger charge is -2.15. The van der Waals surface area contributed by atoms with E-state index in [-0.39, 0.29) is 34.7 Å². The first-order valence-corrected chi connectivity index (χ1v) is 11.6. The third-order valence-corrected chi connectivity index (χ3v) is 7.04. The minimum absolute atomic E-state index is 0.0691. The average Bonchev–Trinajstić information content (AvgIpc) is 3.44. The van der Waals surface area contributed by atoms with Crippen LogP contribution in [0, 0.1) is 11.3 Å². The van der Waals surface area contributed by atoms with E-state index in [2.05, 4.69) is 53.5 Å². The van der Waals surface area contributed by atoms with Crippen LogP contribution >= 0.6 is 11.3 Å². The summed E-state index contributed by atoms with van der Waals surface area (Å²) in [7, 11) is 0. The summed E-state index contributed by atoms with van der Waals surface area (Å²) >= 11 is 1.68. The number of thiophene rings is 1. The van der Waals surface area contributed by atoms with Gasteiger partial charge in [0.05, 0.1) is 17.7 Å². The van der Waals surface area contributed by atoms with Crippen molar-refractivity contribution in [3.8, 4) is 6.07 Å². The van der Waals surface area contributed by atoms with E-state index < -0.39 is 0 Å². The van der Waals surface area contributed by atoms with Gasteiger partial charge in [0.2, 0.25) is 0 Å². The summed E-state index contributed by atoms with van der Waals surface area (Å²) in [5.41, 5.74) is 4.09. The van der Waals surface area contributed by atoms with Gasteiger partial charge in [-0.1, -0.05) is 26.8 Å². The van der Waals surface area contributed by atoms with Crippen molar-refractivity contribution in [3.05, 3.63) is 80.6 Å². The van der Waals surface area contributed by atoms with Crippen LogP contribution in [0.15, 0.2) is 42.0 Å². The summed E-state index contributed by atoms with van der Waals surface area (Å²) in [6.45, 7) is 6.85. The number of carbonyl (C=O) groups is 2. The molecule has 0 bridgehead atoms. The minimum Gasteiger partial charge on any atom is -0.347 e. The molecule has 0 aliphatic heterocycles. The van der Waals surface area contributed by atoms with Crippen LogP contribution in [0.5, 0.6) is 0 Å². The normalized spacial score (nSPS) is 14.9. The highest BCUT2D eigenvalue weighted by Gasteiger charge is 2.25. The maximum Gasteiger partial charge on any atom is 0.270 e. The number of carbonyl (C=O) groups excluding carboxylic acids is 2. The molecule has 3 aromatic rings. The van der Waals surface area contributed by atoms with Crippen LogP contribution in [0.2, 0.25) is 0 Å².